The molecule has 0 spiro atoms. The van der Waals surface area contributed by atoms with Crippen LogP contribution < -0.4 is 10.1 Å². The fraction of sp³-hybridized carbons (Fsp3) is 0.632. The molecule has 7 nitrogen and oxygen atoms in total. The lowest BCUT2D eigenvalue weighted by molar-refractivity contribution is 0.0947. The molecule has 26 heavy (non-hydrogen) atoms. The number of amides is 1. The fourth-order valence-corrected chi connectivity index (χ4v) is 4.33. The summed E-state index contributed by atoms with van der Waals surface area (Å²) in [5.41, 5.74) is 4.26. The van der Waals surface area contributed by atoms with Gasteiger partial charge >= 0.3 is 0 Å². The molecule has 1 amide bonds. The average Bonchev–Trinajstić information content (AvgIpc) is 3.37. The van der Waals surface area contributed by atoms with Gasteiger partial charge in [-0.3, -0.25) is 14.2 Å². The molecule has 0 saturated heterocycles. The SMILES string of the molecule is COc1nn(C)cc1C(=O)NCc1nn(C2CCCC2)c2c1CCCC2. The molecule has 4 rings (SSSR count). The number of hydrogen-bond donors (Lipinski definition) is 1. The van der Waals surface area contributed by atoms with Crippen LogP contribution in [-0.4, -0.2) is 32.6 Å². The second-order valence-electron chi connectivity index (χ2n) is 7.37. The Morgan fingerprint density at radius 2 is 2.00 bits per heavy atom. The maximum atomic E-state index is 12.6. The van der Waals surface area contributed by atoms with Crippen molar-refractivity contribution in [2.75, 3.05) is 7.11 Å². The van der Waals surface area contributed by atoms with Gasteiger partial charge in [-0.15, -0.1) is 5.10 Å². The molecule has 2 aliphatic carbocycles. The summed E-state index contributed by atoms with van der Waals surface area (Å²) in [6.07, 6.45) is 11.4. The van der Waals surface area contributed by atoms with Crippen LogP contribution in [0.1, 0.15) is 71.9 Å². The number of carbonyl (C=O) groups excluding carboxylic acids is 1. The summed E-state index contributed by atoms with van der Waals surface area (Å²) in [7, 11) is 3.30. The van der Waals surface area contributed by atoms with Crippen molar-refractivity contribution in [3.05, 3.63) is 28.7 Å². The number of nitrogens with one attached hydrogen (secondary N) is 1. The van der Waals surface area contributed by atoms with E-state index in [0.717, 1.165) is 18.5 Å². The number of ether oxygens (including phenoxy) is 1. The highest BCUT2D eigenvalue weighted by molar-refractivity contribution is 5.96. The van der Waals surface area contributed by atoms with E-state index in [1.807, 2.05) is 0 Å². The number of fused-ring (bicyclic) bond motifs is 1. The minimum absolute atomic E-state index is 0.171. The van der Waals surface area contributed by atoms with Gasteiger partial charge in [-0.05, 0) is 44.1 Å². The lowest BCUT2D eigenvalue weighted by Gasteiger charge is -2.18. The first-order valence-electron chi connectivity index (χ1n) is 9.62. The molecule has 0 unspecified atom stereocenters. The summed E-state index contributed by atoms with van der Waals surface area (Å²) in [6.45, 7) is 0.457. The summed E-state index contributed by atoms with van der Waals surface area (Å²) in [6, 6.07) is 0.546. The summed E-state index contributed by atoms with van der Waals surface area (Å²) in [5, 5.41) is 12.1. The van der Waals surface area contributed by atoms with E-state index in [2.05, 4.69) is 15.1 Å². The number of aryl methyl sites for hydroxylation is 1. The van der Waals surface area contributed by atoms with E-state index < -0.39 is 0 Å². The van der Waals surface area contributed by atoms with Crippen LogP contribution in [-0.2, 0) is 26.4 Å². The normalized spacial score (nSPS) is 17.3. The average molecular weight is 357 g/mol. The second kappa shape index (κ2) is 7.13. The Morgan fingerprint density at radius 1 is 1.23 bits per heavy atom. The third-order valence-corrected chi connectivity index (χ3v) is 5.61. The zero-order valence-electron chi connectivity index (χ0n) is 15.6. The van der Waals surface area contributed by atoms with Crippen LogP contribution in [0.3, 0.4) is 0 Å². The van der Waals surface area contributed by atoms with Gasteiger partial charge in [0.05, 0.1) is 25.4 Å². The topological polar surface area (TPSA) is 74.0 Å². The molecule has 1 N–H and O–H groups in total. The zero-order chi connectivity index (χ0) is 18.1. The molecule has 1 saturated carbocycles. The molecule has 2 heterocycles. The minimum atomic E-state index is -0.171. The van der Waals surface area contributed by atoms with Crippen LogP contribution >= 0.6 is 0 Å². The Balaban J connectivity index is 1.53. The van der Waals surface area contributed by atoms with Crippen molar-refractivity contribution < 1.29 is 9.53 Å². The van der Waals surface area contributed by atoms with Gasteiger partial charge in [0.25, 0.3) is 5.91 Å². The van der Waals surface area contributed by atoms with Crippen molar-refractivity contribution >= 4 is 5.91 Å². The summed E-state index contributed by atoms with van der Waals surface area (Å²) >= 11 is 0. The first-order valence-corrected chi connectivity index (χ1v) is 9.62. The van der Waals surface area contributed by atoms with Crippen molar-refractivity contribution in [1.82, 2.24) is 24.9 Å². The fourth-order valence-electron chi connectivity index (χ4n) is 4.33. The lowest BCUT2D eigenvalue weighted by Crippen LogP contribution is -2.24. The van der Waals surface area contributed by atoms with Gasteiger partial charge in [-0.25, -0.2) is 0 Å². The molecule has 0 atom stereocenters. The van der Waals surface area contributed by atoms with Crippen molar-refractivity contribution in [2.45, 2.75) is 64.0 Å². The number of methoxy groups -OCH3 is 1. The van der Waals surface area contributed by atoms with Gasteiger partial charge in [0.15, 0.2) is 0 Å². The highest BCUT2D eigenvalue weighted by Crippen LogP contribution is 2.34. The van der Waals surface area contributed by atoms with Gasteiger partial charge in [0.2, 0.25) is 5.88 Å². The van der Waals surface area contributed by atoms with Crippen LogP contribution in [0.25, 0.3) is 0 Å². The maximum Gasteiger partial charge on any atom is 0.258 e. The molecule has 2 aromatic heterocycles. The zero-order valence-corrected chi connectivity index (χ0v) is 15.6. The Labute approximate surface area is 153 Å². The predicted molar refractivity (Wildman–Crippen MR) is 97.3 cm³/mol. The summed E-state index contributed by atoms with van der Waals surface area (Å²) in [5.74, 6) is 0.179. The molecule has 0 aromatic carbocycles. The van der Waals surface area contributed by atoms with Crippen LogP contribution in [0.4, 0.5) is 0 Å². The van der Waals surface area contributed by atoms with Crippen LogP contribution in [0.15, 0.2) is 6.20 Å². The third kappa shape index (κ3) is 3.10. The van der Waals surface area contributed by atoms with Crippen LogP contribution in [0.5, 0.6) is 5.88 Å². The predicted octanol–water partition coefficient (Wildman–Crippen LogP) is 2.55. The molecule has 1 fully saturated rings. The third-order valence-electron chi connectivity index (χ3n) is 5.61. The van der Waals surface area contributed by atoms with Gasteiger partial charge in [0.1, 0.15) is 5.56 Å². The molecule has 140 valence electrons. The first-order chi connectivity index (χ1) is 12.7. The number of aromatic nitrogens is 4. The van der Waals surface area contributed by atoms with Gasteiger partial charge in [-0.2, -0.15) is 5.10 Å². The maximum absolute atomic E-state index is 12.6. The number of carbonyl (C=O) groups is 1. The molecule has 0 aliphatic heterocycles. The van der Waals surface area contributed by atoms with Gasteiger partial charge in [0, 0.05) is 18.9 Å². The summed E-state index contributed by atoms with van der Waals surface area (Å²) in [4.78, 5) is 12.6. The van der Waals surface area contributed by atoms with E-state index in [4.69, 9.17) is 9.84 Å². The van der Waals surface area contributed by atoms with E-state index in [1.165, 1.54) is 56.9 Å². The standard InChI is InChI=1S/C19H27N5O2/c1-23-12-15(19(22-23)26-2)18(25)20-11-16-14-9-5-6-10-17(14)24(21-16)13-7-3-4-8-13/h12-13H,3-11H2,1-2H3,(H,20,25). The molecule has 0 radical (unpaired) electrons. The Morgan fingerprint density at radius 3 is 2.77 bits per heavy atom. The molecular weight excluding hydrogens is 330 g/mol. The smallest absolute Gasteiger partial charge is 0.258 e. The number of nitrogens with zero attached hydrogens (tertiary/aromatic N) is 4. The largest absolute Gasteiger partial charge is 0.479 e. The van der Waals surface area contributed by atoms with E-state index >= 15 is 0 Å². The first kappa shape index (κ1) is 17.1. The van der Waals surface area contributed by atoms with Crippen LogP contribution in [0, 0.1) is 0 Å². The lowest BCUT2D eigenvalue weighted by atomic mass is 9.95. The van der Waals surface area contributed by atoms with Crippen molar-refractivity contribution in [2.24, 2.45) is 7.05 Å². The minimum Gasteiger partial charge on any atom is -0.479 e. The molecule has 0 bridgehead atoms. The monoisotopic (exact) mass is 357 g/mol. The highest BCUT2D eigenvalue weighted by Gasteiger charge is 2.27. The number of rotatable bonds is 5. The molecule has 2 aliphatic rings. The van der Waals surface area contributed by atoms with Gasteiger partial charge in [-0.1, -0.05) is 12.8 Å². The Bertz CT molecular complexity index is 801. The van der Waals surface area contributed by atoms with Crippen molar-refractivity contribution in [1.29, 1.82) is 0 Å². The van der Waals surface area contributed by atoms with E-state index in [1.54, 1.807) is 17.9 Å². The van der Waals surface area contributed by atoms with E-state index in [-0.39, 0.29) is 5.91 Å². The number of hydrogen-bond acceptors (Lipinski definition) is 4. The highest BCUT2D eigenvalue weighted by atomic mass is 16.5. The second-order valence-corrected chi connectivity index (χ2v) is 7.37. The Hall–Kier alpha value is -2.31. The van der Waals surface area contributed by atoms with Crippen molar-refractivity contribution in [3.63, 3.8) is 0 Å². The van der Waals surface area contributed by atoms with Crippen LogP contribution in [0.2, 0.25) is 0 Å². The van der Waals surface area contributed by atoms with Crippen molar-refractivity contribution in [3.8, 4) is 5.88 Å². The quantitative estimate of drug-likeness (QED) is 0.892. The molecule has 2 aromatic rings. The van der Waals surface area contributed by atoms with E-state index in [9.17, 15) is 4.79 Å². The summed E-state index contributed by atoms with van der Waals surface area (Å²) < 4.78 is 9.06. The molecular formula is C19H27N5O2. The van der Waals surface area contributed by atoms with E-state index in [0.29, 0.717) is 24.0 Å². The van der Waals surface area contributed by atoms with Gasteiger partial charge < -0.3 is 10.1 Å². The molecule has 7 heteroatoms. The Kier molecular flexibility index (Phi) is 4.70.